The molecule has 0 amide bonds. The van der Waals surface area contributed by atoms with Gasteiger partial charge >= 0.3 is 6.01 Å². The maximum absolute atomic E-state index is 9.04. The molecule has 1 saturated carbocycles. The summed E-state index contributed by atoms with van der Waals surface area (Å²) in [5.41, 5.74) is 2.37. The van der Waals surface area contributed by atoms with Crippen LogP contribution < -0.4 is 20.9 Å². The lowest BCUT2D eigenvalue weighted by atomic mass is 10.5. The maximum atomic E-state index is 9.04. The quantitative estimate of drug-likeness (QED) is 0.434. The molecular weight excluding hydrogens is 224 g/mol. The predicted molar refractivity (Wildman–Crippen MR) is 61.6 cm³/mol. The van der Waals surface area contributed by atoms with Crippen molar-refractivity contribution in [3.63, 3.8) is 0 Å². The van der Waals surface area contributed by atoms with Gasteiger partial charge in [-0.1, -0.05) is 0 Å². The first-order valence-corrected chi connectivity index (χ1v) is 5.42. The van der Waals surface area contributed by atoms with Gasteiger partial charge in [0.2, 0.25) is 11.9 Å². The van der Waals surface area contributed by atoms with E-state index in [4.69, 9.17) is 15.7 Å². The molecule has 1 fully saturated rings. The van der Waals surface area contributed by atoms with Crippen LogP contribution in [0, 0.1) is 0 Å². The van der Waals surface area contributed by atoms with Gasteiger partial charge in [-0.15, -0.1) is 0 Å². The van der Waals surface area contributed by atoms with Crippen molar-refractivity contribution in [2.24, 2.45) is 5.84 Å². The molecule has 1 aliphatic carbocycles. The zero-order valence-corrected chi connectivity index (χ0v) is 9.63. The minimum atomic E-state index is 0.0515. The second-order valence-electron chi connectivity index (χ2n) is 3.74. The van der Waals surface area contributed by atoms with Crippen molar-refractivity contribution >= 4 is 11.9 Å². The highest BCUT2D eigenvalue weighted by Crippen LogP contribution is 2.30. The number of nitrogen functional groups attached to an aromatic ring is 1. The molecule has 0 aliphatic heterocycles. The van der Waals surface area contributed by atoms with Gasteiger partial charge in [0.15, 0.2) is 0 Å². The minimum Gasteiger partial charge on any atom is -0.467 e. The fraction of sp³-hybridized carbons (Fsp3) is 0.667. The number of rotatable bonds is 6. The zero-order chi connectivity index (χ0) is 12.3. The third kappa shape index (κ3) is 2.71. The number of methoxy groups -OCH3 is 1. The maximum Gasteiger partial charge on any atom is 0.322 e. The number of aliphatic hydroxyl groups excluding tert-OH is 1. The second kappa shape index (κ2) is 5.11. The van der Waals surface area contributed by atoms with Crippen molar-refractivity contribution in [3.05, 3.63) is 0 Å². The standard InChI is InChI=1S/C9H16N6O2/c1-17-9-12-7(14-10)11-8(13-9)15(4-5-16)6-2-3-6/h6,16H,2-5,10H2,1H3,(H,11,12,13,14). The highest BCUT2D eigenvalue weighted by Gasteiger charge is 2.31. The number of hydrazine groups is 1. The molecule has 0 atom stereocenters. The summed E-state index contributed by atoms with van der Waals surface area (Å²) in [6.07, 6.45) is 2.17. The summed E-state index contributed by atoms with van der Waals surface area (Å²) in [7, 11) is 1.48. The smallest absolute Gasteiger partial charge is 0.322 e. The second-order valence-corrected chi connectivity index (χ2v) is 3.74. The summed E-state index contributed by atoms with van der Waals surface area (Å²) in [6.45, 7) is 0.539. The Hall–Kier alpha value is -1.67. The summed E-state index contributed by atoms with van der Waals surface area (Å²) in [4.78, 5) is 14.2. The molecule has 17 heavy (non-hydrogen) atoms. The van der Waals surface area contributed by atoms with E-state index in [1.165, 1.54) is 7.11 Å². The molecule has 2 rings (SSSR count). The Morgan fingerprint density at radius 1 is 1.47 bits per heavy atom. The first-order chi connectivity index (χ1) is 8.28. The number of hydrogen-bond donors (Lipinski definition) is 3. The van der Waals surface area contributed by atoms with Crippen LogP contribution in [0.1, 0.15) is 12.8 Å². The van der Waals surface area contributed by atoms with Crippen LogP contribution in [-0.4, -0.2) is 46.4 Å². The van der Waals surface area contributed by atoms with Gasteiger partial charge in [0.1, 0.15) is 0 Å². The molecular formula is C9H16N6O2. The summed E-state index contributed by atoms with van der Waals surface area (Å²) in [5.74, 6) is 6.00. The topological polar surface area (TPSA) is 109 Å². The lowest BCUT2D eigenvalue weighted by molar-refractivity contribution is 0.300. The van der Waals surface area contributed by atoms with Crippen LogP contribution in [0.3, 0.4) is 0 Å². The van der Waals surface area contributed by atoms with Crippen molar-refractivity contribution in [2.75, 3.05) is 30.6 Å². The predicted octanol–water partition coefficient (Wildman–Crippen LogP) is -0.873. The zero-order valence-electron chi connectivity index (χ0n) is 9.63. The van der Waals surface area contributed by atoms with Crippen molar-refractivity contribution in [2.45, 2.75) is 18.9 Å². The van der Waals surface area contributed by atoms with E-state index in [0.29, 0.717) is 18.5 Å². The number of hydrogen-bond acceptors (Lipinski definition) is 8. The molecule has 1 heterocycles. The molecule has 0 bridgehead atoms. The molecule has 1 aliphatic rings. The van der Waals surface area contributed by atoms with Gasteiger partial charge in [-0.2, -0.15) is 15.0 Å². The van der Waals surface area contributed by atoms with Gasteiger partial charge in [0, 0.05) is 12.6 Å². The fourth-order valence-electron chi connectivity index (χ4n) is 1.57. The Kier molecular flexibility index (Phi) is 3.55. The summed E-state index contributed by atoms with van der Waals surface area (Å²) in [5, 5.41) is 9.04. The van der Waals surface area contributed by atoms with Crippen LogP contribution in [-0.2, 0) is 0 Å². The van der Waals surface area contributed by atoms with Gasteiger partial charge in [0.05, 0.1) is 13.7 Å². The SMILES string of the molecule is COc1nc(NN)nc(N(CCO)C2CC2)n1. The van der Waals surface area contributed by atoms with E-state index in [2.05, 4.69) is 20.4 Å². The fourth-order valence-corrected chi connectivity index (χ4v) is 1.57. The minimum absolute atomic E-state index is 0.0515. The molecule has 94 valence electrons. The number of nitrogens with two attached hydrogens (primary N) is 1. The van der Waals surface area contributed by atoms with E-state index in [-0.39, 0.29) is 18.6 Å². The Labute approximate surface area is 98.8 Å². The van der Waals surface area contributed by atoms with E-state index >= 15 is 0 Å². The lowest BCUT2D eigenvalue weighted by Crippen LogP contribution is -2.31. The van der Waals surface area contributed by atoms with Crippen molar-refractivity contribution in [1.29, 1.82) is 0 Å². The third-order valence-electron chi connectivity index (χ3n) is 2.50. The number of aromatic nitrogens is 3. The molecule has 4 N–H and O–H groups in total. The normalized spacial score (nSPS) is 14.5. The van der Waals surface area contributed by atoms with Gasteiger partial charge in [-0.05, 0) is 12.8 Å². The molecule has 1 aromatic heterocycles. The highest BCUT2D eigenvalue weighted by atomic mass is 16.5. The third-order valence-corrected chi connectivity index (χ3v) is 2.50. The number of anilines is 2. The summed E-state index contributed by atoms with van der Waals surface area (Å²) < 4.78 is 4.98. The molecule has 8 nitrogen and oxygen atoms in total. The van der Waals surface area contributed by atoms with Crippen molar-refractivity contribution in [1.82, 2.24) is 15.0 Å². The average Bonchev–Trinajstić information content (AvgIpc) is 3.19. The van der Waals surface area contributed by atoms with Crippen LogP contribution in [0.25, 0.3) is 0 Å². The molecule has 0 aromatic carbocycles. The van der Waals surface area contributed by atoms with Gasteiger partial charge in [0.25, 0.3) is 0 Å². The highest BCUT2D eigenvalue weighted by molar-refractivity contribution is 5.40. The number of ether oxygens (including phenoxy) is 1. The molecule has 0 spiro atoms. The van der Waals surface area contributed by atoms with Crippen LogP contribution in [0.2, 0.25) is 0 Å². The average molecular weight is 240 g/mol. The number of aliphatic hydroxyl groups is 1. The van der Waals surface area contributed by atoms with Gasteiger partial charge in [-0.25, -0.2) is 5.84 Å². The summed E-state index contributed by atoms with van der Waals surface area (Å²) >= 11 is 0. The molecule has 0 saturated heterocycles. The molecule has 1 aromatic rings. The monoisotopic (exact) mass is 240 g/mol. The van der Waals surface area contributed by atoms with Crippen LogP contribution in [0.15, 0.2) is 0 Å². The van der Waals surface area contributed by atoms with Crippen LogP contribution in [0.5, 0.6) is 6.01 Å². The Morgan fingerprint density at radius 3 is 2.76 bits per heavy atom. The Balaban J connectivity index is 2.27. The van der Waals surface area contributed by atoms with E-state index in [1.54, 1.807) is 0 Å². The molecule has 0 unspecified atom stereocenters. The largest absolute Gasteiger partial charge is 0.467 e. The van der Waals surface area contributed by atoms with E-state index in [1.807, 2.05) is 4.90 Å². The van der Waals surface area contributed by atoms with E-state index < -0.39 is 0 Å². The first kappa shape index (κ1) is 11.8. The van der Waals surface area contributed by atoms with Crippen LogP contribution >= 0.6 is 0 Å². The van der Waals surface area contributed by atoms with E-state index in [9.17, 15) is 0 Å². The van der Waals surface area contributed by atoms with E-state index in [0.717, 1.165) is 12.8 Å². The number of nitrogens with one attached hydrogen (secondary N) is 1. The van der Waals surface area contributed by atoms with Crippen molar-refractivity contribution in [3.8, 4) is 6.01 Å². The Morgan fingerprint density at radius 2 is 2.24 bits per heavy atom. The summed E-state index contributed by atoms with van der Waals surface area (Å²) in [6, 6.07) is 0.589. The van der Waals surface area contributed by atoms with Gasteiger partial charge < -0.3 is 14.7 Å². The van der Waals surface area contributed by atoms with Gasteiger partial charge in [-0.3, -0.25) is 5.43 Å². The van der Waals surface area contributed by atoms with Crippen LogP contribution in [0.4, 0.5) is 11.9 Å². The van der Waals surface area contributed by atoms with Crippen molar-refractivity contribution < 1.29 is 9.84 Å². The first-order valence-electron chi connectivity index (χ1n) is 5.42. The Bertz CT molecular complexity index is 361. The lowest BCUT2D eigenvalue weighted by Gasteiger charge is -2.21. The number of nitrogens with zero attached hydrogens (tertiary/aromatic N) is 4. The molecule has 0 radical (unpaired) electrons. The molecule has 8 heteroatoms.